The van der Waals surface area contributed by atoms with E-state index in [-0.39, 0.29) is 0 Å². The molecule has 0 aromatic carbocycles. The summed E-state index contributed by atoms with van der Waals surface area (Å²) in [6.45, 7) is -1.60. The Morgan fingerprint density at radius 3 is 1.66 bits per heavy atom. The van der Waals surface area contributed by atoms with Crippen molar-refractivity contribution in [1.29, 1.82) is 0 Å². The van der Waals surface area contributed by atoms with Crippen LogP contribution in [-0.4, -0.2) is 115 Å². The van der Waals surface area contributed by atoms with Crippen LogP contribution >= 0.6 is 15.6 Å². The van der Waals surface area contributed by atoms with Gasteiger partial charge in [0.25, 0.3) is 0 Å². The Bertz CT molecular complexity index is 660. The van der Waals surface area contributed by atoms with Gasteiger partial charge in [-0.1, -0.05) is 0 Å². The Morgan fingerprint density at radius 2 is 1.19 bits per heavy atom. The zero-order valence-corrected chi connectivity index (χ0v) is 17.5. The number of ether oxygens (including phenoxy) is 2. The van der Waals surface area contributed by atoms with Crippen LogP contribution < -0.4 is 19.6 Å². The summed E-state index contributed by atoms with van der Waals surface area (Å²) in [7, 11) is -10.6. The quantitative estimate of drug-likeness (QED) is 0.152. The van der Waals surface area contributed by atoms with Crippen LogP contribution in [0.4, 0.5) is 0 Å². The van der Waals surface area contributed by atoms with Gasteiger partial charge >= 0.3 is 0 Å². The van der Waals surface area contributed by atoms with E-state index < -0.39 is 90.3 Å². The molecular weight excluding hydrogens is 494 g/mol. The first-order valence-electron chi connectivity index (χ1n) is 8.53. The van der Waals surface area contributed by atoms with Crippen LogP contribution in [0.25, 0.3) is 0 Å². The molecule has 2 fully saturated rings. The lowest BCUT2D eigenvalue weighted by Gasteiger charge is -2.43. The van der Waals surface area contributed by atoms with Crippen molar-refractivity contribution in [2.24, 2.45) is 0 Å². The summed E-state index contributed by atoms with van der Waals surface area (Å²) in [5.41, 5.74) is 0. The van der Waals surface area contributed by atoms with Crippen molar-refractivity contribution in [3.63, 3.8) is 0 Å². The Balaban J connectivity index is 0.000000320. The minimum Gasteiger partial charge on any atom is -0.790 e. The van der Waals surface area contributed by atoms with Crippen LogP contribution in [-0.2, 0) is 27.7 Å². The van der Waals surface area contributed by atoms with Gasteiger partial charge in [0.05, 0.1) is 28.9 Å². The number of rotatable bonds is 6. The lowest BCUT2D eigenvalue weighted by atomic mass is 10.00. The van der Waals surface area contributed by atoms with Crippen LogP contribution in [0.2, 0.25) is 0 Å². The molecular formula is C12H22O18P2-4. The highest BCUT2D eigenvalue weighted by Crippen LogP contribution is 2.33. The molecule has 2 saturated heterocycles. The average Bonchev–Trinajstić information content (AvgIpc) is 2.67. The minimum absolute atomic E-state index is 0.743. The Hall–Kier alpha value is -0.180. The van der Waals surface area contributed by atoms with E-state index in [1.165, 1.54) is 0 Å². The van der Waals surface area contributed by atoms with Crippen LogP contribution in [0.1, 0.15) is 0 Å². The molecule has 0 amide bonds. The number of phosphoric ester groups is 2. The molecule has 0 aromatic heterocycles. The highest BCUT2D eigenvalue weighted by Gasteiger charge is 2.44. The number of aliphatic hydroxyl groups is 8. The first-order valence-corrected chi connectivity index (χ1v) is 11.5. The molecule has 0 saturated carbocycles. The Labute approximate surface area is 179 Å². The van der Waals surface area contributed by atoms with Crippen molar-refractivity contribution in [2.75, 3.05) is 13.2 Å². The van der Waals surface area contributed by atoms with Crippen molar-refractivity contribution in [2.45, 2.75) is 61.4 Å². The van der Waals surface area contributed by atoms with Gasteiger partial charge in [0.15, 0.2) is 12.6 Å². The van der Waals surface area contributed by atoms with Crippen molar-refractivity contribution in [3.8, 4) is 0 Å². The zero-order valence-electron chi connectivity index (χ0n) is 15.7. The van der Waals surface area contributed by atoms with Crippen molar-refractivity contribution in [1.82, 2.24) is 0 Å². The van der Waals surface area contributed by atoms with Gasteiger partial charge in [-0.25, -0.2) is 0 Å². The lowest BCUT2D eigenvalue weighted by Crippen LogP contribution is -2.59. The Kier molecular flexibility index (Phi) is 11.2. The molecule has 4 unspecified atom stereocenters. The second kappa shape index (κ2) is 12.0. The molecule has 2 aliphatic heterocycles. The maximum Gasteiger partial charge on any atom is 0.191 e. The van der Waals surface area contributed by atoms with Gasteiger partial charge in [-0.05, 0) is 0 Å². The van der Waals surface area contributed by atoms with Crippen molar-refractivity contribution >= 4 is 15.6 Å². The SMILES string of the molecule is O=P([O-])([O-])OCC1O[C@H](O)C(O)[C@@H](O)[C@@H]1O.O=P([O-])([O-])O[C@H]1OC(CO)[C@@H](O)[C@H](O)C1O. The molecule has 0 aromatic rings. The first kappa shape index (κ1) is 29.9. The second-order valence-corrected chi connectivity index (χ2v) is 8.79. The molecule has 20 heteroatoms. The van der Waals surface area contributed by atoms with E-state index in [4.69, 9.17) is 15.3 Å². The maximum absolute atomic E-state index is 10.3. The van der Waals surface area contributed by atoms with Crippen LogP contribution in [0, 0.1) is 0 Å². The molecule has 0 bridgehead atoms. The average molecular weight is 516 g/mol. The summed E-state index contributed by atoms with van der Waals surface area (Å²) in [6.07, 6.45) is -17.0. The molecule has 0 spiro atoms. The van der Waals surface area contributed by atoms with E-state index in [0.29, 0.717) is 0 Å². The summed E-state index contributed by atoms with van der Waals surface area (Å²) in [6, 6.07) is 0. The molecule has 2 aliphatic rings. The van der Waals surface area contributed by atoms with Gasteiger partial charge in [-0.2, -0.15) is 0 Å². The number of hydrogen-bond acceptors (Lipinski definition) is 18. The normalized spacial score (nSPS) is 41.0. The van der Waals surface area contributed by atoms with Crippen LogP contribution in [0.5, 0.6) is 0 Å². The summed E-state index contributed by atoms with van der Waals surface area (Å²) in [5.74, 6) is 0. The fourth-order valence-electron chi connectivity index (χ4n) is 2.52. The minimum atomic E-state index is -5.41. The molecule has 18 nitrogen and oxygen atoms in total. The standard InChI is InChI=1S/2C6H13O9P/c7-3-2(1-14-16(11,12)13)15-6(10)5(9)4(3)8;7-1-2-3(8)4(9)5(10)6(14-2)15-16(11,12)13/h2*2-10H,1H2,(H2,11,12,13)/p-4/t2?,3-,4+,5?,6+;2?,3-,4+,5?,6-/m11/s1. The van der Waals surface area contributed by atoms with Gasteiger partial charge in [0.2, 0.25) is 0 Å². The summed E-state index contributed by atoms with van der Waals surface area (Å²) >= 11 is 0. The van der Waals surface area contributed by atoms with Crippen molar-refractivity contribution in [3.05, 3.63) is 0 Å². The molecule has 10 atom stereocenters. The monoisotopic (exact) mass is 516 g/mol. The van der Waals surface area contributed by atoms with E-state index in [9.17, 15) is 54.2 Å². The predicted molar refractivity (Wildman–Crippen MR) is 84.9 cm³/mol. The highest BCUT2D eigenvalue weighted by molar-refractivity contribution is 7.43. The van der Waals surface area contributed by atoms with Crippen LogP contribution in [0.15, 0.2) is 0 Å². The summed E-state index contributed by atoms with van der Waals surface area (Å²) < 4.78 is 37.2. The fourth-order valence-corrected chi connectivity index (χ4v) is 3.27. The third-order valence-electron chi connectivity index (χ3n) is 4.17. The summed E-state index contributed by atoms with van der Waals surface area (Å²) in [4.78, 5) is 40.9. The molecule has 2 rings (SSSR count). The third kappa shape index (κ3) is 8.88. The number of phosphoric acid groups is 2. The number of hydrogen-bond donors (Lipinski definition) is 8. The highest BCUT2D eigenvalue weighted by atomic mass is 31.2. The zero-order chi connectivity index (χ0) is 25.0. The van der Waals surface area contributed by atoms with E-state index in [1.807, 2.05) is 0 Å². The molecule has 192 valence electrons. The summed E-state index contributed by atoms with van der Waals surface area (Å²) in [5, 5.41) is 73.1. The van der Waals surface area contributed by atoms with E-state index >= 15 is 0 Å². The smallest absolute Gasteiger partial charge is 0.191 e. The molecule has 32 heavy (non-hydrogen) atoms. The fraction of sp³-hybridized carbons (Fsp3) is 1.00. The first-order chi connectivity index (χ1) is 14.5. The van der Waals surface area contributed by atoms with E-state index in [1.54, 1.807) is 0 Å². The molecule has 2 heterocycles. The topological polar surface area (TPSA) is 325 Å². The maximum atomic E-state index is 10.3. The molecule has 0 aliphatic carbocycles. The van der Waals surface area contributed by atoms with Crippen LogP contribution in [0.3, 0.4) is 0 Å². The lowest BCUT2D eigenvalue weighted by molar-refractivity contribution is -0.368. The van der Waals surface area contributed by atoms with Gasteiger partial charge < -0.3 is 88.1 Å². The van der Waals surface area contributed by atoms with Gasteiger partial charge in [-0.15, -0.1) is 0 Å². The predicted octanol–water partition coefficient (Wildman–Crippen LogP) is -8.74. The van der Waals surface area contributed by atoms with E-state index in [2.05, 4.69) is 18.5 Å². The van der Waals surface area contributed by atoms with Gasteiger partial charge in [0.1, 0.15) is 48.8 Å². The third-order valence-corrected chi connectivity index (χ3v) is 5.10. The van der Waals surface area contributed by atoms with E-state index in [0.717, 1.165) is 0 Å². The second-order valence-electron chi connectivity index (χ2n) is 6.53. The van der Waals surface area contributed by atoms with Gasteiger partial charge in [-0.3, -0.25) is 0 Å². The molecule has 8 N–H and O–H groups in total. The molecule has 0 radical (unpaired) electrons. The van der Waals surface area contributed by atoms with Gasteiger partial charge in [0, 0.05) is 0 Å². The Morgan fingerprint density at radius 1 is 0.688 bits per heavy atom. The number of aliphatic hydroxyl groups excluding tert-OH is 8. The largest absolute Gasteiger partial charge is 0.790 e. The van der Waals surface area contributed by atoms with Crippen molar-refractivity contribution < 1.29 is 88.1 Å².